The number of anilines is 2. The predicted molar refractivity (Wildman–Crippen MR) is 138 cm³/mol. The van der Waals surface area contributed by atoms with Gasteiger partial charge in [0, 0.05) is 22.0 Å². The SMILES string of the molecule is Cc1cc(I)cc(C)c1NC(=O)CSc1nnc(CC(=O)Nc2ccc(Cl)c(Cl)c2)n1C. The number of aromatic nitrogens is 3. The van der Waals surface area contributed by atoms with Crippen molar-refractivity contribution in [2.45, 2.75) is 25.4 Å². The van der Waals surface area contributed by atoms with Gasteiger partial charge in [0.15, 0.2) is 5.16 Å². The van der Waals surface area contributed by atoms with E-state index in [9.17, 15) is 9.59 Å². The molecule has 7 nitrogen and oxygen atoms in total. The van der Waals surface area contributed by atoms with Crippen LogP contribution in [0.1, 0.15) is 17.0 Å². The molecule has 2 amide bonds. The van der Waals surface area contributed by atoms with Gasteiger partial charge < -0.3 is 15.2 Å². The van der Waals surface area contributed by atoms with Crippen molar-refractivity contribution in [3.05, 3.63) is 60.9 Å². The number of nitrogens with zero attached hydrogens (tertiary/aromatic N) is 3. The molecule has 1 aromatic heterocycles. The third-order valence-corrected chi connectivity index (χ3v) is 6.92. The largest absolute Gasteiger partial charge is 0.326 e. The van der Waals surface area contributed by atoms with E-state index in [0.29, 0.717) is 26.7 Å². The Bertz CT molecular complexity index is 1160. The highest BCUT2D eigenvalue weighted by Gasteiger charge is 2.16. The summed E-state index contributed by atoms with van der Waals surface area (Å²) in [6.45, 7) is 3.94. The molecule has 2 aromatic carbocycles. The standard InChI is InChI=1S/C21H20Cl2IN5O2S/c1-11-6-13(24)7-12(2)20(11)26-19(31)10-32-21-28-27-17(29(21)3)9-18(30)25-14-4-5-15(22)16(23)8-14/h4-8H,9-10H2,1-3H3,(H,25,30)(H,26,31). The Kier molecular flexibility index (Phi) is 8.43. The van der Waals surface area contributed by atoms with Crippen molar-refractivity contribution in [3.63, 3.8) is 0 Å². The highest BCUT2D eigenvalue weighted by molar-refractivity contribution is 14.1. The van der Waals surface area contributed by atoms with Crippen LogP contribution in [0, 0.1) is 17.4 Å². The third kappa shape index (κ3) is 6.37. The molecular formula is C21H20Cl2IN5O2S. The van der Waals surface area contributed by atoms with Crippen molar-refractivity contribution < 1.29 is 9.59 Å². The van der Waals surface area contributed by atoms with Crippen molar-refractivity contribution >= 4 is 80.7 Å². The summed E-state index contributed by atoms with van der Waals surface area (Å²) in [6, 6.07) is 8.90. The van der Waals surface area contributed by atoms with Gasteiger partial charge in [0.25, 0.3) is 0 Å². The molecule has 0 bridgehead atoms. The number of benzene rings is 2. The summed E-state index contributed by atoms with van der Waals surface area (Å²) in [5.74, 6) is 0.253. The first-order valence-electron chi connectivity index (χ1n) is 9.46. The molecule has 0 radical (unpaired) electrons. The minimum atomic E-state index is -0.266. The van der Waals surface area contributed by atoms with Gasteiger partial charge in [-0.25, -0.2) is 0 Å². The first-order chi connectivity index (χ1) is 15.1. The molecule has 0 atom stereocenters. The number of thioether (sulfide) groups is 1. The van der Waals surface area contributed by atoms with Gasteiger partial charge in [-0.15, -0.1) is 10.2 Å². The average Bonchev–Trinajstić information content (AvgIpc) is 3.05. The number of amides is 2. The molecule has 0 saturated heterocycles. The molecule has 0 aliphatic heterocycles. The Balaban J connectivity index is 1.57. The van der Waals surface area contributed by atoms with Gasteiger partial charge in [-0.05, 0) is 77.9 Å². The van der Waals surface area contributed by atoms with Gasteiger partial charge >= 0.3 is 0 Å². The lowest BCUT2D eigenvalue weighted by atomic mass is 10.1. The van der Waals surface area contributed by atoms with E-state index in [0.717, 1.165) is 20.4 Å². The summed E-state index contributed by atoms with van der Waals surface area (Å²) >= 11 is 15.4. The van der Waals surface area contributed by atoms with E-state index in [1.54, 1.807) is 29.8 Å². The Hall–Kier alpha value is -1.82. The van der Waals surface area contributed by atoms with Crippen LogP contribution in [0.2, 0.25) is 10.0 Å². The highest BCUT2D eigenvalue weighted by atomic mass is 127. The molecule has 2 N–H and O–H groups in total. The molecular weight excluding hydrogens is 584 g/mol. The van der Waals surface area contributed by atoms with E-state index >= 15 is 0 Å². The second kappa shape index (κ2) is 10.9. The van der Waals surface area contributed by atoms with Crippen molar-refractivity contribution in [2.75, 3.05) is 16.4 Å². The van der Waals surface area contributed by atoms with Gasteiger partial charge in [-0.1, -0.05) is 35.0 Å². The Morgan fingerprint density at radius 2 is 1.72 bits per heavy atom. The maximum atomic E-state index is 12.5. The monoisotopic (exact) mass is 603 g/mol. The van der Waals surface area contributed by atoms with E-state index in [2.05, 4.69) is 43.4 Å². The molecule has 168 valence electrons. The smallest absolute Gasteiger partial charge is 0.234 e. The van der Waals surface area contributed by atoms with Crippen molar-refractivity contribution in [1.82, 2.24) is 14.8 Å². The molecule has 3 aromatic rings. The first-order valence-corrected chi connectivity index (χ1v) is 12.3. The van der Waals surface area contributed by atoms with E-state index in [-0.39, 0.29) is 24.0 Å². The molecule has 32 heavy (non-hydrogen) atoms. The predicted octanol–water partition coefficient (Wildman–Crippen LogP) is 5.26. The molecule has 3 rings (SSSR count). The van der Waals surface area contributed by atoms with Crippen LogP contribution in [0.4, 0.5) is 11.4 Å². The zero-order valence-electron chi connectivity index (χ0n) is 17.5. The Morgan fingerprint density at radius 3 is 2.38 bits per heavy atom. The van der Waals surface area contributed by atoms with Crippen LogP contribution >= 0.6 is 57.6 Å². The van der Waals surface area contributed by atoms with E-state index in [4.69, 9.17) is 23.2 Å². The average molecular weight is 604 g/mol. The molecule has 0 fully saturated rings. The Labute approximate surface area is 213 Å². The summed E-state index contributed by atoms with van der Waals surface area (Å²) in [6.07, 6.45) is 0.0253. The van der Waals surface area contributed by atoms with Crippen LogP contribution in [-0.4, -0.2) is 32.3 Å². The number of nitrogens with one attached hydrogen (secondary N) is 2. The molecule has 0 aliphatic rings. The molecule has 11 heteroatoms. The van der Waals surface area contributed by atoms with Gasteiger partial charge in [0.1, 0.15) is 5.82 Å². The summed E-state index contributed by atoms with van der Waals surface area (Å²) in [5.41, 5.74) is 3.40. The molecule has 0 saturated carbocycles. The van der Waals surface area contributed by atoms with Gasteiger partial charge in [0.05, 0.1) is 22.2 Å². The summed E-state index contributed by atoms with van der Waals surface area (Å²) < 4.78 is 2.83. The second-order valence-electron chi connectivity index (χ2n) is 7.06. The number of hydrogen-bond acceptors (Lipinski definition) is 5. The summed E-state index contributed by atoms with van der Waals surface area (Å²) in [5, 5.41) is 15.2. The number of halogens is 3. The van der Waals surface area contributed by atoms with Crippen LogP contribution in [0.25, 0.3) is 0 Å². The maximum Gasteiger partial charge on any atom is 0.234 e. The highest BCUT2D eigenvalue weighted by Crippen LogP contribution is 2.26. The zero-order valence-corrected chi connectivity index (χ0v) is 22.0. The fourth-order valence-corrected chi connectivity index (χ4v) is 4.92. The molecule has 0 spiro atoms. The van der Waals surface area contributed by atoms with Gasteiger partial charge in [-0.3, -0.25) is 9.59 Å². The van der Waals surface area contributed by atoms with Crippen molar-refractivity contribution in [3.8, 4) is 0 Å². The topological polar surface area (TPSA) is 88.9 Å². The fraction of sp³-hybridized carbons (Fsp3) is 0.238. The number of hydrogen-bond donors (Lipinski definition) is 2. The second-order valence-corrected chi connectivity index (χ2v) is 10.1. The van der Waals surface area contributed by atoms with Crippen LogP contribution in [0.5, 0.6) is 0 Å². The lowest BCUT2D eigenvalue weighted by Crippen LogP contribution is -2.17. The van der Waals surface area contributed by atoms with Crippen LogP contribution in [0.15, 0.2) is 35.5 Å². The van der Waals surface area contributed by atoms with Gasteiger partial charge in [-0.2, -0.15) is 0 Å². The number of carbonyl (C=O) groups excluding carboxylic acids is 2. The molecule has 1 heterocycles. The maximum absolute atomic E-state index is 12.5. The van der Waals surface area contributed by atoms with Crippen molar-refractivity contribution in [1.29, 1.82) is 0 Å². The van der Waals surface area contributed by atoms with Crippen LogP contribution < -0.4 is 10.6 Å². The van der Waals surface area contributed by atoms with Crippen LogP contribution in [-0.2, 0) is 23.1 Å². The zero-order chi connectivity index (χ0) is 23.4. The molecule has 0 unspecified atom stereocenters. The van der Waals surface area contributed by atoms with Gasteiger partial charge in [0.2, 0.25) is 11.8 Å². The quantitative estimate of drug-likeness (QED) is 0.284. The summed E-state index contributed by atoms with van der Waals surface area (Å²) in [7, 11) is 1.76. The van der Waals surface area contributed by atoms with E-state index in [1.165, 1.54) is 11.8 Å². The fourth-order valence-electron chi connectivity index (χ4n) is 2.96. The van der Waals surface area contributed by atoms with Crippen molar-refractivity contribution in [2.24, 2.45) is 7.05 Å². The minimum Gasteiger partial charge on any atom is -0.326 e. The lowest BCUT2D eigenvalue weighted by Gasteiger charge is -2.12. The lowest BCUT2D eigenvalue weighted by molar-refractivity contribution is -0.116. The Morgan fingerprint density at radius 1 is 1.03 bits per heavy atom. The third-order valence-electron chi connectivity index (χ3n) is 4.54. The van der Waals surface area contributed by atoms with Crippen LogP contribution in [0.3, 0.4) is 0 Å². The van der Waals surface area contributed by atoms with E-state index in [1.807, 2.05) is 26.0 Å². The first kappa shape index (κ1) is 24.8. The number of rotatable bonds is 7. The number of carbonyl (C=O) groups is 2. The van der Waals surface area contributed by atoms with E-state index < -0.39 is 0 Å². The minimum absolute atomic E-state index is 0.0253. The molecule has 0 aliphatic carbocycles. The number of aryl methyl sites for hydroxylation is 2. The summed E-state index contributed by atoms with van der Waals surface area (Å²) in [4.78, 5) is 24.8. The normalized spacial score (nSPS) is 10.8.